The fourth-order valence-electron chi connectivity index (χ4n) is 1.77. The van der Waals surface area contributed by atoms with Crippen LogP contribution in [0.3, 0.4) is 0 Å². The van der Waals surface area contributed by atoms with Gasteiger partial charge in [-0.3, -0.25) is 0 Å². The van der Waals surface area contributed by atoms with Crippen LogP contribution in [0, 0.1) is 6.92 Å². The first-order valence-electron chi connectivity index (χ1n) is 5.78. The Hall–Kier alpha value is -1.80. The van der Waals surface area contributed by atoms with Crippen molar-refractivity contribution >= 4 is 5.69 Å². The minimum absolute atomic E-state index is 0.0574. The summed E-state index contributed by atoms with van der Waals surface area (Å²) in [5.41, 5.74) is 3.35. The maximum Gasteiger partial charge on any atom is 0.0745 e. The standard InChI is InChI=1S/C15H17NO/c1-12-7-9-13(10-8-12)15(11-17)16-14-5-3-2-4-6-14/h2-10,15-17H,11H2,1H3. The lowest BCUT2D eigenvalue weighted by Crippen LogP contribution is -2.14. The van der Waals surface area contributed by atoms with Crippen LogP contribution >= 0.6 is 0 Å². The molecule has 0 heterocycles. The van der Waals surface area contributed by atoms with E-state index in [1.807, 2.05) is 42.5 Å². The van der Waals surface area contributed by atoms with Crippen molar-refractivity contribution in [3.8, 4) is 0 Å². The van der Waals surface area contributed by atoms with Crippen molar-refractivity contribution in [3.63, 3.8) is 0 Å². The summed E-state index contributed by atoms with van der Waals surface area (Å²) < 4.78 is 0. The lowest BCUT2D eigenvalue weighted by molar-refractivity contribution is 0.276. The lowest BCUT2D eigenvalue weighted by Gasteiger charge is -2.18. The number of nitrogens with one attached hydrogen (secondary N) is 1. The van der Waals surface area contributed by atoms with E-state index in [0.29, 0.717) is 0 Å². The second-order valence-corrected chi connectivity index (χ2v) is 4.16. The van der Waals surface area contributed by atoms with Gasteiger partial charge in [0.1, 0.15) is 0 Å². The van der Waals surface area contributed by atoms with Gasteiger partial charge in [0.2, 0.25) is 0 Å². The predicted octanol–water partition coefficient (Wildman–Crippen LogP) is 3.14. The van der Waals surface area contributed by atoms with Gasteiger partial charge in [-0.25, -0.2) is 0 Å². The summed E-state index contributed by atoms with van der Waals surface area (Å²) in [6.45, 7) is 2.14. The van der Waals surface area contributed by atoms with Gasteiger partial charge in [0.25, 0.3) is 0 Å². The number of rotatable bonds is 4. The smallest absolute Gasteiger partial charge is 0.0745 e. The summed E-state index contributed by atoms with van der Waals surface area (Å²) >= 11 is 0. The molecule has 0 fully saturated rings. The van der Waals surface area contributed by atoms with Crippen LogP contribution in [0.4, 0.5) is 5.69 Å². The second kappa shape index (κ2) is 5.51. The molecule has 2 aromatic rings. The predicted molar refractivity (Wildman–Crippen MR) is 71.1 cm³/mol. The van der Waals surface area contributed by atoms with Crippen LogP contribution in [0.25, 0.3) is 0 Å². The first-order chi connectivity index (χ1) is 8.29. The van der Waals surface area contributed by atoms with Crippen molar-refractivity contribution in [1.82, 2.24) is 0 Å². The number of aryl methyl sites for hydroxylation is 1. The van der Waals surface area contributed by atoms with E-state index in [4.69, 9.17) is 0 Å². The number of para-hydroxylation sites is 1. The maximum absolute atomic E-state index is 9.45. The summed E-state index contributed by atoms with van der Waals surface area (Å²) in [5, 5.41) is 12.8. The minimum atomic E-state index is -0.0574. The van der Waals surface area contributed by atoms with Gasteiger partial charge in [0.15, 0.2) is 0 Å². The van der Waals surface area contributed by atoms with Crippen molar-refractivity contribution in [2.45, 2.75) is 13.0 Å². The first kappa shape index (κ1) is 11.7. The quantitative estimate of drug-likeness (QED) is 0.841. The Bertz CT molecular complexity index is 450. The molecule has 0 aliphatic carbocycles. The SMILES string of the molecule is Cc1ccc(C(CO)Nc2ccccc2)cc1. The molecule has 0 spiro atoms. The third-order valence-electron chi connectivity index (χ3n) is 2.78. The number of aliphatic hydroxyl groups is 1. The van der Waals surface area contributed by atoms with Crippen LogP contribution in [0.1, 0.15) is 17.2 Å². The largest absolute Gasteiger partial charge is 0.394 e. The Balaban J connectivity index is 2.14. The molecule has 1 unspecified atom stereocenters. The van der Waals surface area contributed by atoms with E-state index in [1.165, 1.54) is 5.56 Å². The summed E-state index contributed by atoms with van der Waals surface area (Å²) in [7, 11) is 0. The molecular weight excluding hydrogens is 210 g/mol. The number of hydrogen-bond donors (Lipinski definition) is 2. The maximum atomic E-state index is 9.45. The normalized spacial score (nSPS) is 12.1. The molecule has 2 N–H and O–H groups in total. The van der Waals surface area contributed by atoms with Crippen molar-refractivity contribution in [3.05, 3.63) is 65.7 Å². The Morgan fingerprint density at radius 1 is 1.00 bits per heavy atom. The molecule has 0 amide bonds. The first-order valence-corrected chi connectivity index (χ1v) is 5.78. The van der Waals surface area contributed by atoms with Crippen LogP contribution in [0.5, 0.6) is 0 Å². The number of benzene rings is 2. The number of hydrogen-bond acceptors (Lipinski definition) is 2. The highest BCUT2D eigenvalue weighted by Gasteiger charge is 2.09. The minimum Gasteiger partial charge on any atom is -0.394 e. The van der Waals surface area contributed by atoms with Gasteiger partial charge >= 0.3 is 0 Å². The summed E-state index contributed by atoms with van der Waals surface area (Å²) in [4.78, 5) is 0. The molecule has 0 saturated heterocycles. The zero-order valence-corrected chi connectivity index (χ0v) is 9.93. The van der Waals surface area contributed by atoms with Gasteiger partial charge in [-0.05, 0) is 24.6 Å². The molecule has 2 heteroatoms. The molecular formula is C15H17NO. The fourth-order valence-corrected chi connectivity index (χ4v) is 1.77. The summed E-state index contributed by atoms with van der Waals surface area (Å²) in [6, 6.07) is 18.1. The Kier molecular flexibility index (Phi) is 3.78. The molecule has 1 atom stereocenters. The van der Waals surface area contributed by atoms with Crippen LogP contribution in [0.15, 0.2) is 54.6 Å². The highest BCUT2D eigenvalue weighted by Crippen LogP contribution is 2.19. The number of anilines is 1. The third kappa shape index (κ3) is 3.08. The van der Waals surface area contributed by atoms with Crippen molar-refractivity contribution in [2.24, 2.45) is 0 Å². The fraction of sp³-hybridized carbons (Fsp3) is 0.200. The molecule has 2 rings (SSSR count). The topological polar surface area (TPSA) is 32.3 Å². The van der Waals surface area contributed by atoms with Gasteiger partial charge in [-0.2, -0.15) is 0 Å². The van der Waals surface area contributed by atoms with E-state index in [1.54, 1.807) is 0 Å². The molecule has 0 aliphatic heterocycles. The van der Waals surface area contributed by atoms with Crippen LogP contribution < -0.4 is 5.32 Å². The molecule has 17 heavy (non-hydrogen) atoms. The third-order valence-corrected chi connectivity index (χ3v) is 2.78. The molecule has 0 bridgehead atoms. The molecule has 2 nitrogen and oxygen atoms in total. The average Bonchev–Trinajstić information content (AvgIpc) is 2.38. The van der Waals surface area contributed by atoms with Crippen LogP contribution in [-0.4, -0.2) is 11.7 Å². The van der Waals surface area contributed by atoms with E-state index in [-0.39, 0.29) is 12.6 Å². The summed E-state index contributed by atoms with van der Waals surface area (Å²) in [6.07, 6.45) is 0. The van der Waals surface area contributed by atoms with E-state index in [2.05, 4.69) is 24.4 Å². The van der Waals surface area contributed by atoms with Crippen molar-refractivity contribution < 1.29 is 5.11 Å². The van der Waals surface area contributed by atoms with E-state index in [0.717, 1.165) is 11.3 Å². The Labute approximate surface area is 102 Å². The Morgan fingerprint density at radius 3 is 2.24 bits per heavy atom. The van der Waals surface area contributed by atoms with Gasteiger partial charge in [-0.1, -0.05) is 48.0 Å². The Morgan fingerprint density at radius 2 is 1.65 bits per heavy atom. The average molecular weight is 227 g/mol. The molecule has 0 radical (unpaired) electrons. The monoisotopic (exact) mass is 227 g/mol. The molecule has 0 saturated carbocycles. The van der Waals surface area contributed by atoms with E-state index in [9.17, 15) is 5.11 Å². The number of aliphatic hydroxyl groups excluding tert-OH is 1. The molecule has 0 aliphatic rings. The highest BCUT2D eigenvalue weighted by molar-refractivity contribution is 5.45. The second-order valence-electron chi connectivity index (χ2n) is 4.16. The molecule has 0 aromatic heterocycles. The van der Waals surface area contributed by atoms with Crippen LogP contribution in [0.2, 0.25) is 0 Å². The van der Waals surface area contributed by atoms with Gasteiger partial charge < -0.3 is 10.4 Å². The zero-order chi connectivity index (χ0) is 12.1. The van der Waals surface area contributed by atoms with Crippen LogP contribution in [-0.2, 0) is 0 Å². The molecule has 88 valence electrons. The molecule has 2 aromatic carbocycles. The van der Waals surface area contributed by atoms with Gasteiger partial charge in [0, 0.05) is 5.69 Å². The van der Waals surface area contributed by atoms with E-state index < -0.39 is 0 Å². The van der Waals surface area contributed by atoms with Gasteiger partial charge in [-0.15, -0.1) is 0 Å². The lowest BCUT2D eigenvalue weighted by atomic mass is 10.1. The highest BCUT2D eigenvalue weighted by atomic mass is 16.3. The van der Waals surface area contributed by atoms with Gasteiger partial charge in [0.05, 0.1) is 12.6 Å². The van der Waals surface area contributed by atoms with E-state index >= 15 is 0 Å². The van der Waals surface area contributed by atoms with Crippen molar-refractivity contribution in [1.29, 1.82) is 0 Å². The zero-order valence-electron chi connectivity index (χ0n) is 9.93. The van der Waals surface area contributed by atoms with Crippen molar-refractivity contribution in [2.75, 3.05) is 11.9 Å². The summed E-state index contributed by atoms with van der Waals surface area (Å²) in [5.74, 6) is 0.